The van der Waals surface area contributed by atoms with Gasteiger partial charge in [0.25, 0.3) is 0 Å². The highest BCUT2D eigenvalue weighted by Gasteiger charge is 2.35. The van der Waals surface area contributed by atoms with Crippen molar-refractivity contribution in [3.8, 4) is 22.8 Å². The number of carbonyl (C=O) groups excluding carboxylic acids is 1. The normalized spacial score (nSPS) is 15.5. The second-order valence-corrected chi connectivity index (χ2v) is 13.6. The molecule has 0 bridgehead atoms. The summed E-state index contributed by atoms with van der Waals surface area (Å²) in [6.45, 7) is 10.3. The molecule has 260 valence electrons. The van der Waals surface area contributed by atoms with Crippen molar-refractivity contribution in [2.24, 2.45) is 0 Å². The lowest BCUT2D eigenvalue weighted by atomic mass is 10.2. The van der Waals surface area contributed by atoms with E-state index in [2.05, 4.69) is 29.4 Å². The summed E-state index contributed by atoms with van der Waals surface area (Å²) < 4.78 is 75.7. The molecule has 1 fully saturated rings. The number of amides is 1. The molecule has 3 heterocycles. The largest absolute Gasteiger partial charge is 0.744 e. The lowest BCUT2D eigenvalue weighted by Gasteiger charge is -2.23. The number of quaternary nitrogens is 1. The molecule has 1 N–H and O–H groups in total. The SMILES string of the molecule is O=S(=O)([O-])c1ccccc1.[C-]#[N+]c1ccc(-n2nccc2-c2c(C)n(-c3cccc(C(F)(F)F)c3)c(=O)n2C(=O)N[C@H]2CC[N+](C)(C)C2)cc1. The maximum absolute atomic E-state index is 13.9. The van der Waals surface area contributed by atoms with Crippen molar-refractivity contribution < 1.29 is 35.4 Å². The number of aromatic nitrogens is 4. The number of nitrogens with one attached hydrogen (secondary N) is 1. The maximum atomic E-state index is 13.9. The van der Waals surface area contributed by atoms with Gasteiger partial charge in [-0.3, -0.25) is 4.57 Å². The minimum Gasteiger partial charge on any atom is -0.744 e. The zero-order valence-corrected chi connectivity index (χ0v) is 27.9. The summed E-state index contributed by atoms with van der Waals surface area (Å²) in [6, 6.07) is 19.0. The van der Waals surface area contributed by atoms with Crippen LogP contribution in [0.1, 0.15) is 17.7 Å². The zero-order chi connectivity index (χ0) is 36.4. The van der Waals surface area contributed by atoms with Crippen LogP contribution in [-0.2, 0) is 16.3 Å². The van der Waals surface area contributed by atoms with Crippen LogP contribution >= 0.6 is 0 Å². The summed E-state index contributed by atoms with van der Waals surface area (Å²) in [7, 11) is -0.150. The molecule has 0 saturated carbocycles. The van der Waals surface area contributed by atoms with E-state index in [0.29, 0.717) is 28.1 Å². The van der Waals surface area contributed by atoms with Gasteiger partial charge in [0.15, 0.2) is 5.69 Å². The summed E-state index contributed by atoms with van der Waals surface area (Å²) in [4.78, 5) is 30.8. The highest BCUT2D eigenvalue weighted by Crippen LogP contribution is 2.32. The Balaban J connectivity index is 0.000000418. The summed E-state index contributed by atoms with van der Waals surface area (Å²) in [5, 5.41) is 7.32. The third kappa shape index (κ3) is 7.70. The molecule has 1 aliphatic rings. The highest BCUT2D eigenvalue weighted by molar-refractivity contribution is 7.85. The Morgan fingerprint density at radius 1 is 1.02 bits per heavy atom. The van der Waals surface area contributed by atoms with E-state index in [-0.39, 0.29) is 28.0 Å². The van der Waals surface area contributed by atoms with Gasteiger partial charge in [-0.2, -0.15) is 18.3 Å². The smallest absolute Gasteiger partial charge is 0.416 e. The zero-order valence-electron chi connectivity index (χ0n) is 27.1. The van der Waals surface area contributed by atoms with E-state index in [1.54, 1.807) is 43.3 Å². The fourth-order valence-electron chi connectivity index (χ4n) is 5.81. The first kappa shape index (κ1) is 35.8. The van der Waals surface area contributed by atoms with E-state index in [1.165, 1.54) is 47.3 Å². The number of hydrogen-bond donors (Lipinski definition) is 1. The van der Waals surface area contributed by atoms with Gasteiger partial charge in [-0.25, -0.2) is 32.1 Å². The van der Waals surface area contributed by atoms with Gasteiger partial charge in [0, 0.05) is 6.42 Å². The van der Waals surface area contributed by atoms with Gasteiger partial charge in [-0.1, -0.05) is 36.4 Å². The molecule has 1 aliphatic heterocycles. The summed E-state index contributed by atoms with van der Waals surface area (Å²) in [6.07, 6.45) is -2.38. The monoisotopic (exact) mass is 707 g/mol. The Labute approximate surface area is 285 Å². The molecule has 6 rings (SSSR count). The number of likely N-dealkylation sites (tertiary alicyclic amines) is 1. The molecule has 1 atom stereocenters. The van der Waals surface area contributed by atoms with Gasteiger partial charge in [0.2, 0.25) is 0 Å². The standard InChI is InChI=1S/C28H26F3N7O2.C6H6O3S/c1-18-25(24-12-14-33-37(24)22-10-8-20(32-2)9-11-22)36(26(39)34-21-13-15-38(3,4)17-21)27(40)35(18)23-7-5-6-19(16-23)28(29,30)31;7-10(8,9)6-4-2-1-3-5-6/h5-12,14,16,21H,13,15,17H2,1,3-4H3;1-5H,(H,7,8,9)/t21-;/m0./s1. The van der Waals surface area contributed by atoms with Crippen LogP contribution in [0.15, 0.2) is 101 Å². The molecule has 0 aliphatic carbocycles. The minimum absolute atomic E-state index is 0.0173. The number of rotatable bonds is 5. The number of benzene rings is 3. The Bertz CT molecular complexity index is 2240. The lowest BCUT2D eigenvalue weighted by Crippen LogP contribution is -2.46. The summed E-state index contributed by atoms with van der Waals surface area (Å²) >= 11 is 0. The van der Waals surface area contributed by atoms with Gasteiger partial charge in [-0.15, -0.1) is 0 Å². The van der Waals surface area contributed by atoms with Crippen LogP contribution in [0.4, 0.5) is 23.7 Å². The van der Waals surface area contributed by atoms with E-state index in [0.717, 1.165) is 34.2 Å². The van der Waals surface area contributed by atoms with Crippen molar-refractivity contribution in [3.05, 3.63) is 124 Å². The number of halogens is 3. The van der Waals surface area contributed by atoms with Gasteiger partial charge in [-0.05, 0) is 55.5 Å². The van der Waals surface area contributed by atoms with Crippen LogP contribution in [0.25, 0.3) is 27.6 Å². The average Bonchev–Trinajstić information content (AvgIpc) is 3.75. The topological polar surface area (TPSA) is 135 Å². The van der Waals surface area contributed by atoms with Crippen LogP contribution < -0.4 is 11.0 Å². The van der Waals surface area contributed by atoms with Crippen molar-refractivity contribution in [3.63, 3.8) is 0 Å². The molecule has 5 aromatic rings. The summed E-state index contributed by atoms with van der Waals surface area (Å²) in [5.41, 5.74) is 0.120. The highest BCUT2D eigenvalue weighted by atomic mass is 32.2. The van der Waals surface area contributed by atoms with E-state index in [9.17, 15) is 35.7 Å². The number of nitrogens with zero attached hydrogens (tertiary/aromatic N) is 6. The molecule has 2 aromatic heterocycles. The van der Waals surface area contributed by atoms with Crippen LogP contribution in [-0.4, -0.2) is 75.6 Å². The molecular weight excluding hydrogens is 675 g/mol. The predicted octanol–water partition coefficient (Wildman–Crippen LogP) is 5.37. The Hall–Kier alpha value is -5.50. The van der Waals surface area contributed by atoms with Crippen molar-refractivity contribution in [1.29, 1.82) is 0 Å². The predicted molar refractivity (Wildman–Crippen MR) is 177 cm³/mol. The maximum Gasteiger partial charge on any atom is 0.416 e. The van der Waals surface area contributed by atoms with Crippen LogP contribution in [0.3, 0.4) is 0 Å². The van der Waals surface area contributed by atoms with Gasteiger partial charge in [0.05, 0.1) is 79.2 Å². The average molecular weight is 708 g/mol. The Morgan fingerprint density at radius 3 is 2.26 bits per heavy atom. The molecule has 0 radical (unpaired) electrons. The van der Waals surface area contributed by atoms with Crippen LogP contribution in [0.2, 0.25) is 0 Å². The first-order chi connectivity index (χ1) is 23.5. The van der Waals surface area contributed by atoms with E-state index < -0.39 is 33.6 Å². The molecular formula is C34H32F3N7O5S. The van der Waals surface area contributed by atoms with Crippen molar-refractivity contribution in [2.75, 3.05) is 27.2 Å². The molecule has 1 saturated heterocycles. The molecule has 50 heavy (non-hydrogen) atoms. The molecule has 0 spiro atoms. The van der Waals surface area contributed by atoms with Crippen molar-refractivity contribution in [2.45, 2.75) is 30.5 Å². The summed E-state index contributed by atoms with van der Waals surface area (Å²) in [5.74, 6) is 0. The number of hydrogen-bond acceptors (Lipinski definition) is 6. The molecule has 16 heteroatoms. The Morgan fingerprint density at radius 2 is 1.70 bits per heavy atom. The fourth-order valence-corrected chi connectivity index (χ4v) is 6.30. The van der Waals surface area contributed by atoms with Gasteiger partial charge in [0.1, 0.15) is 15.8 Å². The van der Waals surface area contributed by atoms with Crippen molar-refractivity contribution >= 4 is 21.8 Å². The van der Waals surface area contributed by atoms with Gasteiger partial charge >= 0.3 is 17.9 Å². The first-order valence-corrected chi connectivity index (χ1v) is 16.6. The molecule has 12 nitrogen and oxygen atoms in total. The molecule has 0 unspecified atom stereocenters. The lowest BCUT2D eigenvalue weighted by molar-refractivity contribution is -0.878. The number of carbonyl (C=O) groups is 1. The first-order valence-electron chi connectivity index (χ1n) is 15.2. The minimum atomic E-state index is -4.61. The second kappa shape index (κ2) is 13.8. The van der Waals surface area contributed by atoms with E-state index in [1.807, 2.05) is 0 Å². The van der Waals surface area contributed by atoms with Gasteiger partial charge < -0.3 is 14.4 Å². The number of imidazole rings is 1. The van der Waals surface area contributed by atoms with Crippen LogP contribution in [0.5, 0.6) is 0 Å². The van der Waals surface area contributed by atoms with E-state index >= 15 is 0 Å². The van der Waals surface area contributed by atoms with Crippen molar-refractivity contribution in [1.82, 2.24) is 24.2 Å². The number of alkyl halides is 3. The Kier molecular flexibility index (Phi) is 9.87. The third-order valence-electron chi connectivity index (χ3n) is 8.18. The fraction of sp³-hybridized carbons (Fsp3) is 0.235. The number of likely N-dealkylation sites (N-methyl/N-ethyl adjacent to an activating group) is 1. The quantitative estimate of drug-likeness (QED) is 0.148. The molecule has 3 aromatic carbocycles. The third-order valence-corrected chi connectivity index (χ3v) is 9.03. The molecule has 1 amide bonds. The second-order valence-electron chi connectivity index (χ2n) is 12.2. The van der Waals surface area contributed by atoms with Crippen LogP contribution in [0, 0.1) is 13.5 Å². The van der Waals surface area contributed by atoms with E-state index in [4.69, 9.17) is 6.57 Å².